The van der Waals surface area contributed by atoms with Gasteiger partial charge in [-0.3, -0.25) is 9.78 Å². The SMILES string of the molecule is O=C(COc1ccc(Cl)c2cccnc12)Nc1ccc(S(=O)(=O)N2CCCC2)cc1. The fourth-order valence-electron chi connectivity index (χ4n) is 3.36. The number of halogens is 1. The fraction of sp³-hybridized carbons (Fsp3) is 0.238. The normalized spacial score (nSPS) is 14.7. The molecule has 0 saturated carbocycles. The zero-order valence-corrected chi connectivity index (χ0v) is 17.6. The molecule has 30 heavy (non-hydrogen) atoms. The molecular weight excluding hydrogens is 426 g/mol. The van der Waals surface area contributed by atoms with Crippen LogP contribution in [0.5, 0.6) is 5.75 Å². The van der Waals surface area contributed by atoms with Crippen molar-refractivity contribution in [1.82, 2.24) is 9.29 Å². The lowest BCUT2D eigenvalue weighted by Crippen LogP contribution is -2.27. The van der Waals surface area contributed by atoms with Gasteiger partial charge in [0.15, 0.2) is 6.61 Å². The lowest BCUT2D eigenvalue weighted by Gasteiger charge is -2.15. The molecule has 1 saturated heterocycles. The Hall–Kier alpha value is -2.68. The number of nitrogens with one attached hydrogen (secondary N) is 1. The number of hydrogen-bond donors (Lipinski definition) is 1. The predicted molar refractivity (Wildman–Crippen MR) is 115 cm³/mol. The largest absolute Gasteiger partial charge is 0.481 e. The zero-order chi connectivity index (χ0) is 21.1. The average Bonchev–Trinajstić information content (AvgIpc) is 3.30. The van der Waals surface area contributed by atoms with Gasteiger partial charge in [-0.05, 0) is 61.4 Å². The van der Waals surface area contributed by atoms with E-state index in [0.717, 1.165) is 18.2 Å². The molecule has 0 bridgehead atoms. The Morgan fingerprint density at radius 2 is 1.83 bits per heavy atom. The van der Waals surface area contributed by atoms with Gasteiger partial charge in [0.2, 0.25) is 10.0 Å². The monoisotopic (exact) mass is 445 g/mol. The van der Waals surface area contributed by atoms with E-state index in [1.54, 1.807) is 36.5 Å². The smallest absolute Gasteiger partial charge is 0.262 e. The van der Waals surface area contributed by atoms with Crippen LogP contribution in [0, 0.1) is 0 Å². The van der Waals surface area contributed by atoms with E-state index in [2.05, 4.69) is 10.3 Å². The van der Waals surface area contributed by atoms with E-state index in [4.69, 9.17) is 16.3 Å². The van der Waals surface area contributed by atoms with E-state index in [0.29, 0.717) is 35.1 Å². The van der Waals surface area contributed by atoms with Crippen molar-refractivity contribution in [1.29, 1.82) is 0 Å². The number of benzene rings is 2. The van der Waals surface area contributed by atoms with Crippen molar-refractivity contribution in [2.45, 2.75) is 17.7 Å². The molecule has 0 aliphatic carbocycles. The average molecular weight is 446 g/mol. The molecule has 0 unspecified atom stereocenters. The highest BCUT2D eigenvalue weighted by molar-refractivity contribution is 7.89. The van der Waals surface area contributed by atoms with Gasteiger partial charge in [-0.1, -0.05) is 11.6 Å². The minimum atomic E-state index is -3.48. The Labute approximate surface area is 179 Å². The molecule has 9 heteroatoms. The van der Waals surface area contributed by atoms with Crippen molar-refractivity contribution in [3.63, 3.8) is 0 Å². The second kappa shape index (κ2) is 8.59. The van der Waals surface area contributed by atoms with Gasteiger partial charge in [0.1, 0.15) is 11.3 Å². The molecule has 0 atom stereocenters. The summed E-state index contributed by atoms with van der Waals surface area (Å²) in [6, 6.07) is 13.1. The third-order valence-electron chi connectivity index (χ3n) is 4.88. The third-order valence-corrected chi connectivity index (χ3v) is 7.12. The van der Waals surface area contributed by atoms with Crippen molar-refractivity contribution in [2.24, 2.45) is 0 Å². The molecule has 1 N–H and O–H groups in total. The molecular formula is C21H20ClN3O4S. The molecule has 1 aliphatic heterocycles. The number of fused-ring (bicyclic) bond motifs is 1. The van der Waals surface area contributed by atoms with E-state index in [1.165, 1.54) is 16.4 Å². The molecule has 156 valence electrons. The number of anilines is 1. The van der Waals surface area contributed by atoms with E-state index in [1.807, 2.05) is 6.07 Å². The van der Waals surface area contributed by atoms with Crippen LogP contribution in [0.25, 0.3) is 10.9 Å². The zero-order valence-electron chi connectivity index (χ0n) is 16.0. The van der Waals surface area contributed by atoms with Gasteiger partial charge in [0.05, 0.1) is 9.92 Å². The van der Waals surface area contributed by atoms with Gasteiger partial charge >= 0.3 is 0 Å². The first kappa shape index (κ1) is 20.6. The van der Waals surface area contributed by atoms with Crippen molar-refractivity contribution >= 4 is 44.1 Å². The molecule has 2 heterocycles. The quantitative estimate of drug-likeness (QED) is 0.625. The summed E-state index contributed by atoms with van der Waals surface area (Å²) in [7, 11) is -3.48. The lowest BCUT2D eigenvalue weighted by atomic mass is 10.2. The van der Waals surface area contributed by atoms with Gasteiger partial charge < -0.3 is 10.1 Å². The number of ether oxygens (including phenoxy) is 1. The fourth-order valence-corrected chi connectivity index (χ4v) is 5.09. The molecule has 0 radical (unpaired) electrons. The second-order valence-corrected chi connectivity index (χ2v) is 9.26. The molecule has 1 amide bonds. The molecule has 2 aromatic carbocycles. The summed E-state index contributed by atoms with van der Waals surface area (Å²) >= 11 is 6.16. The number of carbonyl (C=O) groups is 1. The predicted octanol–water partition coefficient (Wildman–Crippen LogP) is 3.69. The molecule has 3 aromatic rings. The number of carbonyl (C=O) groups excluding carboxylic acids is 1. The Balaban J connectivity index is 1.40. The van der Waals surface area contributed by atoms with Gasteiger partial charge in [-0.25, -0.2) is 8.42 Å². The number of rotatable bonds is 6. The minimum Gasteiger partial charge on any atom is -0.481 e. The van der Waals surface area contributed by atoms with Crippen LogP contribution >= 0.6 is 11.6 Å². The Morgan fingerprint density at radius 1 is 1.10 bits per heavy atom. The number of pyridine rings is 1. The van der Waals surface area contributed by atoms with Gasteiger partial charge in [0, 0.05) is 30.4 Å². The van der Waals surface area contributed by atoms with E-state index in [-0.39, 0.29) is 17.4 Å². The van der Waals surface area contributed by atoms with Crippen LogP contribution in [0.1, 0.15) is 12.8 Å². The van der Waals surface area contributed by atoms with Crippen molar-refractivity contribution in [3.05, 3.63) is 59.8 Å². The van der Waals surface area contributed by atoms with Crippen molar-refractivity contribution in [3.8, 4) is 5.75 Å². The summed E-state index contributed by atoms with van der Waals surface area (Å²) in [5, 5.41) is 4.00. The first-order valence-electron chi connectivity index (χ1n) is 9.51. The molecule has 1 fully saturated rings. The summed E-state index contributed by atoms with van der Waals surface area (Å²) in [4.78, 5) is 16.8. The van der Waals surface area contributed by atoms with Crippen LogP contribution in [0.15, 0.2) is 59.6 Å². The van der Waals surface area contributed by atoms with E-state index in [9.17, 15) is 13.2 Å². The highest BCUT2D eigenvalue weighted by Crippen LogP contribution is 2.29. The van der Waals surface area contributed by atoms with Gasteiger partial charge in [-0.15, -0.1) is 0 Å². The summed E-state index contributed by atoms with van der Waals surface area (Å²) in [6.07, 6.45) is 3.39. The maximum Gasteiger partial charge on any atom is 0.262 e. The van der Waals surface area contributed by atoms with Crippen LogP contribution in [-0.2, 0) is 14.8 Å². The van der Waals surface area contributed by atoms with Gasteiger partial charge in [-0.2, -0.15) is 4.31 Å². The van der Waals surface area contributed by atoms with Crippen LogP contribution in [0.2, 0.25) is 5.02 Å². The molecule has 0 spiro atoms. The summed E-state index contributed by atoms with van der Waals surface area (Å²) in [5.41, 5.74) is 1.07. The molecule has 1 aromatic heterocycles. The number of aromatic nitrogens is 1. The molecule has 4 rings (SSSR count). The summed E-state index contributed by atoms with van der Waals surface area (Å²) in [5.74, 6) is 0.0846. The van der Waals surface area contributed by atoms with Crippen LogP contribution < -0.4 is 10.1 Å². The molecule has 7 nitrogen and oxygen atoms in total. The Kier molecular flexibility index (Phi) is 5.90. The Bertz CT molecular complexity index is 1180. The summed E-state index contributed by atoms with van der Waals surface area (Å²) in [6.45, 7) is 0.875. The first-order chi connectivity index (χ1) is 14.4. The van der Waals surface area contributed by atoms with Crippen LogP contribution in [-0.4, -0.2) is 43.3 Å². The van der Waals surface area contributed by atoms with Crippen molar-refractivity contribution in [2.75, 3.05) is 25.0 Å². The minimum absolute atomic E-state index is 0.220. The maximum atomic E-state index is 12.6. The summed E-state index contributed by atoms with van der Waals surface area (Å²) < 4.78 is 32.2. The highest BCUT2D eigenvalue weighted by Gasteiger charge is 2.26. The third kappa shape index (κ3) is 4.26. The Morgan fingerprint density at radius 3 is 2.57 bits per heavy atom. The molecule has 1 aliphatic rings. The van der Waals surface area contributed by atoms with Crippen LogP contribution in [0.3, 0.4) is 0 Å². The first-order valence-corrected chi connectivity index (χ1v) is 11.3. The van der Waals surface area contributed by atoms with E-state index < -0.39 is 10.0 Å². The van der Waals surface area contributed by atoms with E-state index >= 15 is 0 Å². The lowest BCUT2D eigenvalue weighted by molar-refractivity contribution is -0.118. The number of amides is 1. The number of nitrogens with zero attached hydrogens (tertiary/aromatic N) is 2. The maximum absolute atomic E-state index is 12.6. The second-order valence-electron chi connectivity index (χ2n) is 6.92. The highest BCUT2D eigenvalue weighted by atomic mass is 35.5. The van der Waals surface area contributed by atoms with Crippen LogP contribution in [0.4, 0.5) is 5.69 Å². The standard InChI is InChI=1S/C21H20ClN3O4S/c22-18-9-10-19(21-17(18)4-3-11-23-21)29-14-20(26)24-15-5-7-16(8-6-15)30(27,28)25-12-1-2-13-25/h3-11H,1-2,12-14H2,(H,24,26). The van der Waals surface area contributed by atoms with Crippen molar-refractivity contribution < 1.29 is 17.9 Å². The topological polar surface area (TPSA) is 88.6 Å². The number of hydrogen-bond acceptors (Lipinski definition) is 5. The van der Waals surface area contributed by atoms with Gasteiger partial charge in [0.25, 0.3) is 5.91 Å². The number of sulfonamides is 1.